The lowest BCUT2D eigenvalue weighted by molar-refractivity contribution is -0.123. The van der Waals surface area contributed by atoms with Crippen molar-refractivity contribution in [3.05, 3.63) is 0 Å². The van der Waals surface area contributed by atoms with Crippen molar-refractivity contribution in [1.29, 1.82) is 0 Å². The van der Waals surface area contributed by atoms with Crippen LogP contribution >= 0.6 is 0 Å². The van der Waals surface area contributed by atoms with Crippen LogP contribution in [0, 0.1) is 11.8 Å². The number of nitrogens with one attached hydrogen (secondary N) is 2. The highest BCUT2D eigenvalue weighted by molar-refractivity contribution is 5.81. The van der Waals surface area contributed by atoms with Gasteiger partial charge in [0.2, 0.25) is 5.91 Å². The Morgan fingerprint density at radius 2 is 1.81 bits per heavy atom. The minimum absolute atomic E-state index is 0.0474. The maximum Gasteiger partial charge on any atom is 0.237 e. The first kappa shape index (κ1) is 15.3. The molecule has 1 amide bonds. The topological polar surface area (TPSA) is 44.4 Å². The summed E-state index contributed by atoms with van der Waals surface area (Å²) in [6.07, 6.45) is 7.32. The highest BCUT2D eigenvalue weighted by atomic mass is 16.2. The molecule has 4 nitrogen and oxygen atoms in total. The molecular formula is C17H31N3O. The molecule has 3 fully saturated rings. The van der Waals surface area contributed by atoms with Gasteiger partial charge >= 0.3 is 0 Å². The van der Waals surface area contributed by atoms with Crippen LogP contribution in [0.1, 0.15) is 52.4 Å². The molecule has 2 N–H and O–H groups in total. The van der Waals surface area contributed by atoms with Gasteiger partial charge in [-0.05, 0) is 57.8 Å². The summed E-state index contributed by atoms with van der Waals surface area (Å²) >= 11 is 0. The van der Waals surface area contributed by atoms with Crippen LogP contribution in [0.3, 0.4) is 0 Å². The summed E-state index contributed by atoms with van der Waals surface area (Å²) in [5, 5.41) is 6.84. The fourth-order valence-electron chi connectivity index (χ4n) is 4.50. The van der Waals surface area contributed by atoms with Gasteiger partial charge in [-0.15, -0.1) is 0 Å². The molecule has 3 rings (SSSR count). The van der Waals surface area contributed by atoms with E-state index in [1.165, 1.54) is 32.4 Å². The molecule has 3 unspecified atom stereocenters. The lowest BCUT2D eigenvalue weighted by Gasteiger charge is -2.49. The fraction of sp³-hybridized carbons (Fsp3) is 0.941. The molecule has 0 aromatic rings. The average molecular weight is 293 g/mol. The van der Waals surface area contributed by atoms with Crippen LogP contribution in [0.2, 0.25) is 0 Å². The number of carbonyl (C=O) groups excluding carboxylic acids is 1. The van der Waals surface area contributed by atoms with E-state index >= 15 is 0 Å². The third-order valence-electron chi connectivity index (χ3n) is 5.76. The number of rotatable bonds is 3. The van der Waals surface area contributed by atoms with E-state index in [9.17, 15) is 4.79 Å². The van der Waals surface area contributed by atoms with Gasteiger partial charge in [0.15, 0.2) is 0 Å². The van der Waals surface area contributed by atoms with Crippen LogP contribution in [0.15, 0.2) is 0 Å². The molecule has 0 aromatic heterocycles. The first-order chi connectivity index (χ1) is 10.1. The second-order valence-electron chi connectivity index (χ2n) is 7.53. The summed E-state index contributed by atoms with van der Waals surface area (Å²) in [7, 11) is 0. The zero-order valence-corrected chi connectivity index (χ0v) is 13.6. The van der Waals surface area contributed by atoms with Gasteiger partial charge in [0.1, 0.15) is 0 Å². The van der Waals surface area contributed by atoms with E-state index in [0.717, 1.165) is 37.6 Å². The SMILES string of the molecule is CC(C)N1CC2CCCC(C1)C2NC1CCCCNC1=O. The molecular weight excluding hydrogens is 262 g/mol. The van der Waals surface area contributed by atoms with Crippen molar-refractivity contribution >= 4 is 5.91 Å². The number of nitrogens with zero attached hydrogens (tertiary/aromatic N) is 1. The van der Waals surface area contributed by atoms with E-state index in [2.05, 4.69) is 29.4 Å². The van der Waals surface area contributed by atoms with Gasteiger partial charge in [-0.2, -0.15) is 0 Å². The number of likely N-dealkylation sites (tertiary alicyclic amines) is 1. The second-order valence-corrected chi connectivity index (χ2v) is 7.53. The van der Waals surface area contributed by atoms with E-state index < -0.39 is 0 Å². The molecule has 1 saturated carbocycles. The van der Waals surface area contributed by atoms with E-state index in [-0.39, 0.29) is 11.9 Å². The number of fused-ring (bicyclic) bond motifs is 2. The maximum atomic E-state index is 12.2. The Balaban J connectivity index is 1.66. The van der Waals surface area contributed by atoms with Crippen LogP contribution in [0.5, 0.6) is 0 Å². The summed E-state index contributed by atoms with van der Waals surface area (Å²) < 4.78 is 0. The Bertz CT molecular complexity index is 357. The number of amides is 1. The Labute approximate surface area is 129 Å². The van der Waals surface area contributed by atoms with Gasteiger partial charge in [0, 0.05) is 31.7 Å². The molecule has 3 aliphatic rings. The van der Waals surface area contributed by atoms with Gasteiger partial charge in [-0.25, -0.2) is 0 Å². The van der Waals surface area contributed by atoms with Gasteiger partial charge in [0.05, 0.1) is 6.04 Å². The van der Waals surface area contributed by atoms with Crippen molar-refractivity contribution in [1.82, 2.24) is 15.5 Å². The van der Waals surface area contributed by atoms with Crippen molar-refractivity contribution in [3.8, 4) is 0 Å². The molecule has 0 radical (unpaired) electrons. The van der Waals surface area contributed by atoms with Crippen molar-refractivity contribution in [3.63, 3.8) is 0 Å². The quantitative estimate of drug-likeness (QED) is 0.833. The number of hydrogen-bond acceptors (Lipinski definition) is 3. The van der Waals surface area contributed by atoms with E-state index in [1.54, 1.807) is 0 Å². The van der Waals surface area contributed by atoms with Crippen molar-refractivity contribution < 1.29 is 4.79 Å². The Hall–Kier alpha value is -0.610. The Morgan fingerprint density at radius 1 is 1.10 bits per heavy atom. The van der Waals surface area contributed by atoms with E-state index in [0.29, 0.717) is 12.1 Å². The summed E-state index contributed by atoms with van der Waals surface area (Å²) in [5.74, 6) is 1.70. The molecule has 0 aromatic carbocycles. The molecule has 2 bridgehead atoms. The standard InChI is InChI=1S/C17H31N3O/c1-12(2)20-10-13-6-5-7-14(11-20)16(13)19-15-8-3-4-9-18-17(15)21/h12-16,19H,3-11H2,1-2H3,(H,18,21). The van der Waals surface area contributed by atoms with Crippen LogP contribution < -0.4 is 10.6 Å². The van der Waals surface area contributed by atoms with E-state index in [4.69, 9.17) is 0 Å². The molecule has 1 aliphatic carbocycles. The molecule has 3 atom stereocenters. The molecule has 2 saturated heterocycles. The molecule has 21 heavy (non-hydrogen) atoms. The summed E-state index contributed by atoms with van der Waals surface area (Å²) in [4.78, 5) is 14.8. The largest absolute Gasteiger partial charge is 0.355 e. The lowest BCUT2D eigenvalue weighted by atomic mass is 9.73. The molecule has 4 heteroatoms. The lowest BCUT2D eigenvalue weighted by Crippen LogP contribution is -2.61. The second kappa shape index (κ2) is 6.66. The van der Waals surface area contributed by atoms with Gasteiger partial charge < -0.3 is 15.5 Å². The van der Waals surface area contributed by atoms with Crippen LogP contribution in [-0.4, -0.2) is 48.6 Å². The highest BCUT2D eigenvalue weighted by Gasteiger charge is 2.41. The van der Waals surface area contributed by atoms with Crippen molar-refractivity contribution in [2.75, 3.05) is 19.6 Å². The molecule has 2 heterocycles. The minimum atomic E-state index is 0.0474. The van der Waals surface area contributed by atoms with Gasteiger partial charge in [-0.1, -0.05) is 6.42 Å². The molecule has 0 spiro atoms. The van der Waals surface area contributed by atoms with E-state index in [1.807, 2.05) is 0 Å². The smallest absolute Gasteiger partial charge is 0.237 e. The number of hydrogen-bond donors (Lipinski definition) is 2. The van der Waals surface area contributed by atoms with Crippen molar-refractivity contribution in [2.45, 2.75) is 70.5 Å². The number of piperidine rings is 1. The maximum absolute atomic E-state index is 12.2. The van der Waals surface area contributed by atoms with Crippen LogP contribution in [0.4, 0.5) is 0 Å². The zero-order valence-electron chi connectivity index (χ0n) is 13.6. The Morgan fingerprint density at radius 3 is 2.48 bits per heavy atom. The number of carbonyl (C=O) groups is 1. The minimum Gasteiger partial charge on any atom is -0.355 e. The van der Waals surface area contributed by atoms with Crippen LogP contribution in [0.25, 0.3) is 0 Å². The van der Waals surface area contributed by atoms with Gasteiger partial charge in [-0.3, -0.25) is 4.79 Å². The highest BCUT2D eigenvalue weighted by Crippen LogP contribution is 2.36. The first-order valence-corrected chi connectivity index (χ1v) is 8.93. The third-order valence-corrected chi connectivity index (χ3v) is 5.76. The molecule has 2 aliphatic heterocycles. The third kappa shape index (κ3) is 3.42. The average Bonchev–Trinajstić information content (AvgIpc) is 2.63. The summed E-state index contributed by atoms with van der Waals surface area (Å²) in [6.45, 7) is 7.89. The fourth-order valence-corrected chi connectivity index (χ4v) is 4.50. The summed E-state index contributed by atoms with van der Waals surface area (Å²) in [5.41, 5.74) is 0. The monoisotopic (exact) mass is 293 g/mol. The molecule has 120 valence electrons. The Kier molecular flexibility index (Phi) is 4.85. The van der Waals surface area contributed by atoms with Gasteiger partial charge in [0.25, 0.3) is 0 Å². The normalized spacial score (nSPS) is 38.1. The zero-order chi connectivity index (χ0) is 14.8. The predicted octanol–water partition coefficient (Wildman–Crippen LogP) is 1.75. The van der Waals surface area contributed by atoms with Crippen LogP contribution in [-0.2, 0) is 4.79 Å². The summed E-state index contributed by atoms with van der Waals surface area (Å²) in [6, 6.07) is 1.25. The predicted molar refractivity (Wildman–Crippen MR) is 85.1 cm³/mol. The first-order valence-electron chi connectivity index (χ1n) is 8.93. The van der Waals surface area contributed by atoms with Crippen molar-refractivity contribution in [2.24, 2.45) is 11.8 Å².